The molecule has 0 aromatic rings. The van der Waals surface area contributed by atoms with Crippen molar-refractivity contribution in [1.29, 1.82) is 0 Å². The number of hydrogen-bond acceptors (Lipinski definition) is 2. The molecule has 0 amide bonds. The number of halogens is 4. The van der Waals surface area contributed by atoms with Crippen molar-refractivity contribution in [3.05, 3.63) is 0 Å². The predicted octanol–water partition coefficient (Wildman–Crippen LogP) is 2.29. The molecule has 1 heterocycles. The summed E-state index contributed by atoms with van der Waals surface area (Å²) in [6.07, 6.45) is -6.79. The maximum Gasteiger partial charge on any atom is 0.241 e. The molecule has 2 unspecified atom stereocenters. The summed E-state index contributed by atoms with van der Waals surface area (Å²) in [5, 5.41) is 0. The Morgan fingerprint density at radius 3 is 2.29 bits per heavy atom. The Morgan fingerprint density at radius 1 is 1.07 bits per heavy atom. The first-order valence-electron chi connectivity index (χ1n) is 4.35. The van der Waals surface area contributed by atoms with Gasteiger partial charge in [-0.1, -0.05) is 0 Å². The minimum Gasteiger partial charge on any atom is -0.355 e. The first kappa shape index (κ1) is 11.7. The van der Waals surface area contributed by atoms with Gasteiger partial charge in [-0.3, -0.25) is 0 Å². The molecule has 0 radical (unpaired) electrons. The van der Waals surface area contributed by atoms with E-state index in [0.717, 1.165) is 0 Å². The minimum absolute atomic E-state index is 0.0712. The Balaban J connectivity index is 2.41. The molecule has 1 saturated heterocycles. The van der Waals surface area contributed by atoms with Crippen molar-refractivity contribution in [2.24, 2.45) is 5.92 Å². The summed E-state index contributed by atoms with van der Waals surface area (Å²) in [4.78, 5) is 0. The molecule has 0 N–H and O–H groups in total. The Labute approximate surface area is 79.2 Å². The van der Waals surface area contributed by atoms with E-state index in [0.29, 0.717) is 0 Å². The second kappa shape index (κ2) is 5.50. The van der Waals surface area contributed by atoms with Gasteiger partial charge in [0.25, 0.3) is 0 Å². The largest absolute Gasteiger partial charge is 0.355 e. The Hall–Kier alpha value is -0.360. The van der Waals surface area contributed by atoms with Gasteiger partial charge in [-0.25, -0.2) is 17.6 Å². The molecule has 1 rings (SSSR count). The fourth-order valence-corrected chi connectivity index (χ4v) is 1.46. The van der Waals surface area contributed by atoms with Gasteiger partial charge in [-0.2, -0.15) is 0 Å². The number of ether oxygens (including phenoxy) is 2. The molecule has 0 bridgehead atoms. The zero-order valence-electron chi connectivity index (χ0n) is 7.47. The molecule has 1 aliphatic rings. The van der Waals surface area contributed by atoms with Gasteiger partial charge in [0, 0.05) is 18.8 Å². The molecular formula is C8H12F4O2. The Bertz CT molecular complexity index is 147. The highest BCUT2D eigenvalue weighted by atomic mass is 19.3. The highest BCUT2D eigenvalue weighted by Gasteiger charge is 2.31. The van der Waals surface area contributed by atoms with E-state index in [-0.39, 0.29) is 13.4 Å². The summed E-state index contributed by atoms with van der Waals surface area (Å²) in [6.45, 7) is -0.0150. The molecule has 0 aliphatic carbocycles. The number of alkyl halides is 4. The Kier molecular flexibility index (Phi) is 4.60. The zero-order valence-corrected chi connectivity index (χ0v) is 7.47. The molecule has 1 aliphatic heterocycles. The molecule has 0 aromatic heterocycles. The summed E-state index contributed by atoms with van der Waals surface area (Å²) >= 11 is 0. The molecule has 2 atom stereocenters. The van der Waals surface area contributed by atoms with Crippen molar-refractivity contribution in [2.45, 2.75) is 31.8 Å². The molecule has 84 valence electrons. The summed E-state index contributed by atoms with van der Waals surface area (Å²) in [7, 11) is 0. The summed E-state index contributed by atoms with van der Waals surface area (Å²) in [5.41, 5.74) is 0. The third-order valence-electron chi connectivity index (χ3n) is 2.11. The fraction of sp³-hybridized carbons (Fsp3) is 1.00. The van der Waals surface area contributed by atoms with Gasteiger partial charge in [-0.15, -0.1) is 0 Å². The second-order valence-corrected chi connectivity index (χ2v) is 3.21. The smallest absolute Gasteiger partial charge is 0.241 e. The van der Waals surface area contributed by atoms with Crippen molar-refractivity contribution < 1.29 is 27.0 Å². The third-order valence-corrected chi connectivity index (χ3v) is 2.11. The zero-order chi connectivity index (χ0) is 10.6. The maximum absolute atomic E-state index is 12.0. The lowest BCUT2D eigenvalue weighted by Crippen LogP contribution is -2.36. The van der Waals surface area contributed by atoms with Crippen molar-refractivity contribution in [3.63, 3.8) is 0 Å². The first-order valence-corrected chi connectivity index (χ1v) is 4.35. The normalized spacial score (nSPS) is 28.7. The second-order valence-electron chi connectivity index (χ2n) is 3.21. The maximum atomic E-state index is 12.0. The van der Waals surface area contributed by atoms with Crippen molar-refractivity contribution in [2.75, 3.05) is 13.4 Å². The molecule has 2 nitrogen and oxygen atoms in total. The summed E-state index contributed by atoms with van der Waals surface area (Å²) in [6, 6.07) is 0. The van der Waals surface area contributed by atoms with E-state index in [1.165, 1.54) is 0 Å². The average molecular weight is 216 g/mol. The Morgan fingerprint density at radius 2 is 1.71 bits per heavy atom. The topological polar surface area (TPSA) is 18.5 Å². The molecular weight excluding hydrogens is 204 g/mol. The third kappa shape index (κ3) is 3.79. The SMILES string of the molecule is FC(F)CC1COCOC1CC(F)F. The molecule has 6 heteroatoms. The summed E-state index contributed by atoms with van der Waals surface area (Å²) < 4.78 is 57.8. The van der Waals surface area contributed by atoms with Gasteiger partial charge >= 0.3 is 0 Å². The van der Waals surface area contributed by atoms with Crippen LogP contribution in [0.15, 0.2) is 0 Å². The lowest BCUT2D eigenvalue weighted by molar-refractivity contribution is -0.186. The number of hydrogen-bond donors (Lipinski definition) is 0. The lowest BCUT2D eigenvalue weighted by Gasteiger charge is -2.31. The summed E-state index contributed by atoms with van der Waals surface area (Å²) in [5.74, 6) is -0.627. The van der Waals surface area contributed by atoms with Crippen LogP contribution in [0.4, 0.5) is 17.6 Å². The van der Waals surface area contributed by atoms with Crippen LogP contribution in [0.2, 0.25) is 0 Å². The van der Waals surface area contributed by atoms with Crippen LogP contribution in [0.3, 0.4) is 0 Å². The van der Waals surface area contributed by atoms with Crippen LogP contribution >= 0.6 is 0 Å². The van der Waals surface area contributed by atoms with E-state index in [1.54, 1.807) is 0 Å². The van der Waals surface area contributed by atoms with Gasteiger partial charge in [0.05, 0.1) is 12.7 Å². The van der Waals surface area contributed by atoms with Crippen molar-refractivity contribution in [1.82, 2.24) is 0 Å². The van der Waals surface area contributed by atoms with Gasteiger partial charge in [0.15, 0.2) is 0 Å². The van der Waals surface area contributed by atoms with Crippen LogP contribution in [0.1, 0.15) is 12.8 Å². The van der Waals surface area contributed by atoms with E-state index < -0.39 is 37.7 Å². The highest BCUT2D eigenvalue weighted by Crippen LogP contribution is 2.25. The lowest BCUT2D eigenvalue weighted by atomic mass is 9.96. The van der Waals surface area contributed by atoms with E-state index in [1.807, 2.05) is 0 Å². The molecule has 0 aromatic carbocycles. The molecule has 14 heavy (non-hydrogen) atoms. The molecule has 0 spiro atoms. The quantitative estimate of drug-likeness (QED) is 0.671. The van der Waals surface area contributed by atoms with Crippen LogP contribution in [0, 0.1) is 5.92 Å². The van der Waals surface area contributed by atoms with E-state index in [4.69, 9.17) is 9.47 Å². The van der Waals surface area contributed by atoms with E-state index in [9.17, 15) is 17.6 Å². The predicted molar refractivity (Wildman–Crippen MR) is 40.4 cm³/mol. The first-order chi connectivity index (χ1) is 6.59. The van der Waals surface area contributed by atoms with Crippen LogP contribution < -0.4 is 0 Å². The van der Waals surface area contributed by atoms with Gasteiger partial charge in [0.2, 0.25) is 12.9 Å². The van der Waals surface area contributed by atoms with Crippen molar-refractivity contribution in [3.8, 4) is 0 Å². The number of rotatable bonds is 4. The van der Waals surface area contributed by atoms with Crippen LogP contribution in [0.25, 0.3) is 0 Å². The van der Waals surface area contributed by atoms with Crippen LogP contribution in [-0.4, -0.2) is 32.4 Å². The van der Waals surface area contributed by atoms with Gasteiger partial charge in [0.1, 0.15) is 6.79 Å². The van der Waals surface area contributed by atoms with Crippen LogP contribution in [-0.2, 0) is 9.47 Å². The highest BCUT2D eigenvalue weighted by molar-refractivity contribution is 4.74. The fourth-order valence-electron chi connectivity index (χ4n) is 1.46. The van der Waals surface area contributed by atoms with Crippen molar-refractivity contribution >= 4 is 0 Å². The van der Waals surface area contributed by atoms with E-state index in [2.05, 4.69) is 0 Å². The molecule has 0 saturated carbocycles. The standard InChI is InChI=1S/C8H12F4O2/c9-7(10)1-5-3-13-4-14-6(5)2-8(11)12/h5-8H,1-4H2. The van der Waals surface area contributed by atoms with E-state index >= 15 is 0 Å². The minimum atomic E-state index is -2.53. The van der Waals surface area contributed by atoms with Gasteiger partial charge < -0.3 is 9.47 Å². The monoisotopic (exact) mass is 216 g/mol. The molecule has 1 fully saturated rings. The van der Waals surface area contributed by atoms with Gasteiger partial charge in [-0.05, 0) is 0 Å². The average Bonchev–Trinajstić information content (AvgIpc) is 2.06. The van der Waals surface area contributed by atoms with Crippen LogP contribution in [0.5, 0.6) is 0 Å².